The van der Waals surface area contributed by atoms with Gasteiger partial charge in [-0.2, -0.15) is 0 Å². The zero-order valence-corrected chi connectivity index (χ0v) is 10.3. The number of amides is 1. The Bertz CT molecular complexity index is 455. The van der Waals surface area contributed by atoms with E-state index < -0.39 is 11.9 Å². The Morgan fingerprint density at radius 1 is 1.61 bits per heavy atom. The van der Waals surface area contributed by atoms with E-state index in [2.05, 4.69) is 4.98 Å². The fourth-order valence-electron chi connectivity index (χ4n) is 2.16. The van der Waals surface area contributed by atoms with Crippen LogP contribution in [0.1, 0.15) is 24.4 Å². The normalized spacial score (nSPS) is 19.8. The number of hydrogen-bond donors (Lipinski definition) is 1. The number of aryl methyl sites for hydroxylation is 1. The fourth-order valence-corrected chi connectivity index (χ4v) is 2.16. The van der Waals surface area contributed by atoms with Crippen LogP contribution in [0.15, 0.2) is 10.7 Å². The summed E-state index contributed by atoms with van der Waals surface area (Å²) in [4.78, 5) is 28.6. The van der Waals surface area contributed by atoms with Gasteiger partial charge in [-0.05, 0) is 12.8 Å². The van der Waals surface area contributed by atoms with Gasteiger partial charge in [-0.1, -0.05) is 0 Å². The van der Waals surface area contributed by atoms with E-state index in [0.717, 1.165) is 6.42 Å². The summed E-state index contributed by atoms with van der Waals surface area (Å²) in [5.74, 6) is -0.833. The number of oxazole rings is 1. The Morgan fingerprint density at radius 3 is 3.00 bits per heavy atom. The van der Waals surface area contributed by atoms with Crippen LogP contribution in [0.3, 0.4) is 0 Å². The highest BCUT2D eigenvalue weighted by molar-refractivity contribution is 5.79. The molecule has 0 bridgehead atoms. The van der Waals surface area contributed by atoms with Crippen LogP contribution in [0.4, 0.5) is 0 Å². The average molecular weight is 252 g/mol. The molecule has 2 heterocycles. The second kappa shape index (κ2) is 5.20. The van der Waals surface area contributed by atoms with Gasteiger partial charge in [0.2, 0.25) is 5.91 Å². The Morgan fingerprint density at radius 2 is 2.39 bits per heavy atom. The van der Waals surface area contributed by atoms with Gasteiger partial charge in [0.25, 0.3) is 0 Å². The molecule has 0 spiro atoms. The lowest BCUT2D eigenvalue weighted by Crippen LogP contribution is -2.43. The molecule has 1 aromatic heterocycles. The van der Waals surface area contributed by atoms with E-state index in [0.29, 0.717) is 31.1 Å². The Kier molecular flexibility index (Phi) is 3.64. The van der Waals surface area contributed by atoms with Gasteiger partial charge in [-0.25, -0.2) is 4.98 Å². The van der Waals surface area contributed by atoms with Crippen molar-refractivity contribution in [2.75, 3.05) is 13.1 Å². The third-order valence-electron chi connectivity index (χ3n) is 3.12. The van der Waals surface area contributed by atoms with Crippen molar-refractivity contribution in [3.05, 3.63) is 17.8 Å². The second-order valence-electron chi connectivity index (χ2n) is 4.55. The first kappa shape index (κ1) is 12.6. The lowest BCUT2D eigenvalue weighted by molar-refractivity contribution is -0.145. The van der Waals surface area contributed by atoms with Crippen LogP contribution < -0.4 is 0 Å². The highest BCUT2D eigenvalue weighted by Gasteiger charge is 2.28. The summed E-state index contributed by atoms with van der Waals surface area (Å²) >= 11 is 0. The third-order valence-corrected chi connectivity index (χ3v) is 3.12. The van der Waals surface area contributed by atoms with E-state index in [1.54, 1.807) is 11.8 Å². The van der Waals surface area contributed by atoms with Crippen LogP contribution in [0.5, 0.6) is 0 Å². The molecule has 0 radical (unpaired) electrons. The summed E-state index contributed by atoms with van der Waals surface area (Å²) in [6, 6.07) is 0. The van der Waals surface area contributed by atoms with Crippen LogP contribution in [0.25, 0.3) is 0 Å². The van der Waals surface area contributed by atoms with Crippen molar-refractivity contribution in [2.24, 2.45) is 5.92 Å². The monoisotopic (exact) mass is 252 g/mol. The lowest BCUT2D eigenvalue weighted by Gasteiger charge is -2.30. The topological polar surface area (TPSA) is 83.6 Å². The lowest BCUT2D eigenvalue weighted by atomic mass is 9.98. The van der Waals surface area contributed by atoms with E-state index in [4.69, 9.17) is 9.52 Å². The van der Waals surface area contributed by atoms with Crippen LogP contribution >= 0.6 is 0 Å². The number of piperidine rings is 1. The molecule has 1 aliphatic rings. The molecule has 1 N–H and O–H groups in total. The van der Waals surface area contributed by atoms with Crippen molar-refractivity contribution >= 4 is 11.9 Å². The Hall–Kier alpha value is -1.85. The minimum atomic E-state index is -0.829. The molecule has 1 fully saturated rings. The molecule has 1 unspecified atom stereocenters. The van der Waals surface area contributed by atoms with Gasteiger partial charge in [-0.15, -0.1) is 0 Å². The first-order valence-electron chi connectivity index (χ1n) is 5.98. The number of rotatable bonds is 3. The number of aliphatic carboxylic acids is 1. The molecule has 0 aliphatic carbocycles. The van der Waals surface area contributed by atoms with Gasteiger partial charge in [-0.3, -0.25) is 9.59 Å². The molecule has 1 saturated heterocycles. The van der Waals surface area contributed by atoms with E-state index in [1.165, 1.54) is 6.26 Å². The van der Waals surface area contributed by atoms with Crippen molar-refractivity contribution in [3.8, 4) is 0 Å². The number of carbonyl (C=O) groups excluding carboxylic acids is 1. The van der Waals surface area contributed by atoms with Crippen molar-refractivity contribution in [1.82, 2.24) is 9.88 Å². The van der Waals surface area contributed by atoms with Gasteiger partial charge in [0.05, 0.1) is 18.0 Å². The summed E-state index contributed by atoms with van der Waals surface area (Å²) in [5, 5.41) is 8.97. The zero-order chi connectivity index (χ0) is 13.1. The number of hydrogen-bond acceptors (Lipinski definition) is 4. The highest BCUT2D eigenvalue weighted by atomic mass is 16.4. The van der Waals surface area contributed by atoms with E-state index in [-0.39, 0.29) is 12.3 Å². The summed E-state index contributed by atoms with van der Waals surface area (Å²) in [5.41, 5.74) is 0.593. The fraction of sp³-hybridized carbons (Fsp3) is 0.583. The average Bonchev–Trinajstić information content (AvgIpc) is 2.75. The van der Waals surface area contributed by atoms with Crippen LogP contribution in [0, 0.1) is 12.8 Å². The molecule has 1 atom stereocenters. The number of carboxylic acid groups (broad SMARTS) is 1. The molecule has 0 aromatic carbocycles. The standard InChI is InChI=1S/C12H16N2O4/c1-8-13-10(7-18-8)5-11(15)14-4-2-3-9(6-14)12(16)17/h7,9H,2-6H2,1H3,(H,16,17). The van der Waals surface area contributed by atoms with Crippen LogP contribution in [-0.4, -0.2) is 40.0 Å². The van der Waals surface area contributed by atoms with Crippen LogP contribution in [0.2, 0.25) is 0 Å². The second-order valence-corrected chi connectivity index (χ2v) is 4.55. The number of carbonyl (C=O) groups is 2. The van der Waals surface area contributed by atoms with Gasteiger partial charge in [0.1, 0.15) is 6.26 Å². The highest BCUT2D eigenvalue weighted by Crippen LogP contribution is 2.17. The Labute approximate surface area is 105 Å². The molecular weight excluding hydrogens is 236 g/mol. The van der Waals surface area contributed by atoms with Gasteiger partial charge < -0.3 is 14.4 Å². The minimum absolute atomic E-state index is 0.0887. The maximum Gasteiger partial charge on any atom is 0.308 e. The largest absolute Gasteiger partial charge is 0.481 e. The molecule has 0 saturated carbocycles. The molecule has 18 heavy (non-hydrogen) atoms. The quantitative estimate of drug-likeness (QED) is 0.862. The van der Waals surface area contributed by atoms with E-state index >= 15 is 0 Å². The van der Waals surface area contributed by atoms with Crippen molar-refractivity contribution in [1.29, 1.82) is 0 Å². The van der Waals surface area contributed by atoms with Crippen molar-refractivity contribution in [2.45, 2.75) is 26.2 Å². The summed E-state index contributed by atoms with van der Waals surface area (Å²) in [6.45, 7) is 2.64. The zero-order valence-electron chi connectivity index (χ0n) is 10.3. The van der Waals surface area contributed by atoms with Gasteiger partial charge >= 0.3 is 5.97 Å². The maximum atomic E-state index is 12.0. The first-order valence-corrected chi connectivity index (χ1v) is 5.98. The van der Waals surface area contributed by atoms with Crippen molar-refractivity contribution in [3.63, 3.8) is 0 Å². The summed E-state index contributed by atoms with van der Waals surface area (Å²) in [6.07, 6.45) is 3.01. The summed E-state index contributed by atoms with van der Waals surface area (Å²) in [7, 11) is 0. The molecule has 98 valence electrons. The molecule has 1 amide bonds. The molecule has 6 nitrogen and oxygen atoms in total. The predicted molar refractivity (Wildman–Crippen MR) is 61.9 cm³/mol. The molecular formula is C12H16N2O4. The van der Waals surface area contributed by atoms with E-state index in [9.17, 15) is 9.59 Å². The maximum absolute atomic E-state index is 12.0. The Balaban J connectivity index is 1.94. The molecule has 6 heteroatoms. The predicted octanol–water partition coefficient (Wildman–Crippen LogP) is 0.849. The van der Waals surface area contributed by atoms with Crippen molar-refractivity contribution < 1.29 is 19.1 Å². The van der Waals surface area contributed by atoms with Gasteiger partial charge in [0.15, 0.2) is 5.89 Å². The SMILES string of the molecule is Cc1nc(CC(=O)N2CCCC(C(=O)O)C2)co1. The number of likely N-dealkylation sites (tertiary alicyclic amines) is 1. The minimum Gasteiger partial charge on any atom is -0.481 e. The smallest absolute Gasteiger partial charge is 0.308 e. The third kappa shape index (κ3) is 2.88. The number of nitrogens with zero attached hydrogens (tertiary/aromatic N) is 2. The summed E-state index contributed by atoms with van der Waals surface area (Å²) < 4.78 is 5.04. The van der Waals surface area contributed by atoms with E-state index in [1.807, 2.05) is 0 Å². The molecule has 1 aliphatic heterocycles. The molecule has 2 rings (SSSR count). The first-order chi connectivity index (χ1) is 8.56. The number of aromatic nitrogens is 1. The molecule has 1 aromatic rings. The van der Waals surface area contributed by atoms with Gasteiger partial charge in [0, 0.05) is 20.0 Å². The van der Waals surface area contributed by atoms with Crippen LogP contribution in [-0.2, 0) is 16.0 Å². The number of carboxylic acids is 1.